The number of hydrogen-bond donors (Lipinski definition) is 0. The Balaban J connectivity index is 2.39. The van der Waals surface area contributed by atoms with E-state index in [0.717, 1.165) is 12.0 Å². The highest BCUT2D eigenvalue weighted by atomic mass is 32.2. The topological polar surface area (TPSA) is 43.4 Å². The lowest BCUT2D eigenvalue weighted by atomic mass is 10.2. The fraction of sp³-hybridized carbons (Fsp3) is 0.533. The molecular formula is C15H22O3S. The van der Waals surface area contributed by atoms with E-state index in [4.69, 9.17) is 4.74 Å². The highest BCUT2D eigenvalue weighted by Crippen LogP contribution is 2.09. The van der Waals surface area contributed by atoms with Gasteiger partial charge in [-0.3, -0.25) is 9.00 Å². The molecule has 0 saturated heterocycles. The van der Waals surface area contributed by atoms with E-state index in [1.807, 2.05) is 44.2 Å². The quantitative estimate of drug-likeness (QED) is 0.722. The Kier molecular flexibility index (Phi) is 6.78. The predicted octanol–water partition coefficient (Wildman–Crippen LogP) is 2.91. The van der Waals surface area contributed by atoms with Gasteiger partial charge in [-0.2, -0.15) is 0 Å². The molecule has 106 valence electrons. The molecule has 0 fully saturated rings. The summed E-state index contributed by atoms with van der Waals surface area (Å²) in [5, 5.41) is 0.129. The highest BCUT2D eigenvalue weighted by Gasteiger charge is 2.20. The summed E-state index contributed by atoms with van der Waals surface area (Å²) in [5.74, 6) is -0.220. The molecule has 0 aromatic heterocycles. The Morgan fingerprint density at radius 3 is 2.47 bits per heavy atom. The van der Waals surface area contributed by atoms with Crippen LogP contribution in [0, 0.1) is 5.92 Å². The third-order valence-corrected chi connectivity index (χ3v) is 5.12. The van der Waals surface area contributed by atoms with Crippen LogP contribution in [0.25, 0.3) is 0 Å². The zero-order valence-electron chi connectivity index (χ0n) is 11.8. The molecule has 4 heteroatoms. The Morgan fingerprint density at radius 1 is 1.26 bits per heavy atom. The second kappa shape index (κ2) is 8.10. The predicted molar refractivity (Wildman–Crippen MR) is 78.2 cm³/mol. The molecular weight excluding hydrogens is 260 g/mol. The van der Waals surface area contributed by atoms with Crippen LogP contribution in [-0.2, 0) is 26.9 Å². The fourth-order valence-corrected chi connectivity index (χ4v) is 2.86. The van der Waals surface area contributed by atoms with Crippen LogP contribution in [0.15, 0.2) is 30.3 Å². The van der Waals surface area contributed by atoms with Gasteiger partial charge in [-0.1, -0.05) is 51.1 Å². The molecule has 0 aliphatic heterocycles. The third kappa shape index (κ3) is 5.55. The number of ether oxygens (including phenoxy) is 1. The van der Waals surface area contributed by atoms with Crippen molar-refractivity contribution in [1.29, 1.82) is 0 Å². The first-order valence-corrected chi connectivity index (χ1v) is 8.00. The minimum atomic E-state index is -0.964. The third-order valence-electron chi connectivity index (χ3n) is 3.06. The van der Waals surface area contributed by atoms with Crippen molar-refractivity contribution in [2.75, 3.05) is 5.75 Å². The molecule has 0 heterocycles. The van der Waals surface area contributed by atoms with E-state index in [1.165, 1.54) is 0 Å². The number of esters is 1. The van der Waals surface area contributed by atoms with Crippen molar-refractivity contribution in [3.05, 3.63) is 35.9 Å². The summed E-state index contributed by atoms with van der Waals surface area (Å²) < 4.78 is 17.1. The SMILES string of the molecule is CCC(C)S(=O)CC(C)C(=O)OCc1ccccc1. The van der Waals surface area contributed by atoms with Crippen LogP contribution in [0.3, 0.4) is 0 Å². The van der Waals surface area contributed by atoms with Gasteiger partial charge in [-0.05, 0) is 12.0 Å². The summed E-state index contributed by atoms with van der Waals surface area (Å²) >= 11 is 0. The molecule has 0 spiro atoms. The maximum Gasteiger partial charge on any atom is 0.309 e. The van der Waals surface area contributed by atoms with Gasteiger partial charge in [0, 0.05) is 21.8 Å². The van der Waals surface area contributed by atoms with Crippen molar-refractivity contribution in [3.63, 3.8) is 0 Å². The first kappa shape index (κ1) is 15.9. The lowest BCUT2D eigenvalue weighted by molar-refractivity contribution is -0.148. The molecule has 0 aliphatic rings. The van der Waals surface area contributed by atoms with Crippen LogP contribution in [0.5, 0.6) is 0 Å². The number of hydrogen-bond acceptors (Lipinski definition) is 3. The number of rotatable bonds is 7. The zero-order chi connectivity index (χ0) is 14.3. The molecule has 0 saturated carbocycles. The van der Waals surface area contributed by atoms with Crippen LogP contribution in [-0.4, -0.2) is 21.2 Å². The highest BCUT2D eigenvalue weighted by molar-refractivity contribution is 7.85. The minimum Gasteiger partial charge on any atom is -0.461 e. The molecule has 1 aromatic carbocycles. The summed E-state index contributed by atoms with van der Waals surface area (Å²) in [6.45, 7) is 5.99. The van der Waals surface area contributed by atoms with Gasteiger partial charge in [-0.15, -0.1) is 0 Å². The van der Waals surface area contributed by atoms with E-state index in [9.17, 15) is 9.00 Å². The maximum absolute atomic E-state index is 11.9. The first-order valence-electron chi connectivity index (χ1n) is 6.62. The normalized spacial score (nSPS) is 15.5. The number of benzene rings is 1. The molecule has 19 heavy (non-hydrogen) atoms. The summed E-state index contributed by atoms with van der Waals surface area (Å²) in [5.41, 5.74) is 0.964. The molecule has 1 aromatic rings. The van der Waals surface area contributed by atoms with Crippen molar-refractivity contribution in [2.24, 2.45) is 5.92 Å². The summed E-state index contributed by atoms with van der Waals surface area (Å²) in [6, 6.07) is 9.56. The Hall–Kier alpha value is -1.16. The molecule has 0 aliphatic carbocycles. The second-order valence-corrected chi connectivity index (χ2v) is 6.66. The van der Waals surface area contributed by atoms with E-state index in [-0.39, 0.29) is 23.7 Å². The van der Waals surface area contributed by atoms with Crippen molar-refractivity contribution in [3.8, 4) is 0 Å². The van der Waals surface area contributed by atoms with Crippen LogP contribution in [0.1, 0.15) is 32.8 Å². The molecule has 3 atom stereocenters. The zero-order valence-corrected chi connectivity index (χ0v) is 12.6. The number of carbonyl (C=O) groups is 1. The van der Waals surface area contributed by atoms with Crippen molar-refractivity contribution >= 4 is 16.8 Å². The maximum atomic E-state index is 11.9. The standard InChI is InChI=1S/C15H22O3S/c1-4-13(3)19(17)11-12(2)15(16)18-10-14-8-6-5-7-9-14/h5-9,12-13H,4,10-11H2,1-3H3. The van der Waals surface area contributed by atoms with E-state index in [1.54, 1.807) is 6.92 Å². The van der Waals surface area contributed by atoms with Crippen molar-refractivity contribution in [1.82, 2.24) is 0 Å². The minimum absolute atomic E-state index is 0.129. The Morgan fingerprint density at radius 2 is 1.89 bits per heavy atom. The Bertz CT molecular complexity index is 417. The molecule has 0 radical (unpaired) electrons. The van der Waals surface area contributed by atoms with Crippen LogP contribution in [0.4, 0.5) is 0 Å². The van der Waals surface area contributed by atoms with Gasteiger partial charge < -0.3 is 4.74 Å². The van der Waals surface area contributed by atoms with Gasteiger partial charge in [0.25, 0.3) is 0 Å². The van der Waals surface area contributed by atoms with Crippen LogP contribution >= 0.6 is 0 Å². The van der Waals surface area contributed by atoms with Crippen LogP contribution < -0.4 is 0 Å². The van der Waals surface area contributed by atoms with Gasteiger partial charge in [0.1, 0.15) is 6.61 Å². The lowest BCUT2D eigenvalue weighted by Crippen LogP contribution is -2.24. The van der Waals surface area contributed by atoms with E-state index in [0.29, 0.717) is 5.75 Å². The summed E-state index contributed by atoms with van der Waals surface area (Å²) in [4.78, 5) is 11.8. The average Bonchev–Trinajstić information content (AvgIpc) is 2.44. The molecule has 1 rings (SSSR count). The van der Waals surface area contributed by atoms with Gasteiger partial charge in [0.05, 0.1) is 5.92 Å². The van der Waals surface area contributed by atoms with E-state index >= 15 is 0 Å². The average molecular weight is 282 g/mol. The lowest BCUT2D eigenvalue weighted by Gasteiger charge is -2.14. The molecule has 0 bridgehead atoms. The van der Waals surface area contributed by atoms with Gasteiger partial charge in [0.15, 0.2) is 0 Å². The van der Waals surface area contributed by atoms with Crippen LogP contribution in [0.2, 0.25) is 0 Å². The van der Waals surface area contributed by atoms with Gasteiger partial charge >= 0.3 is 5.97 Å². The second-order valence-electron chi connectivity index (χ2n) is 4.76. The smallest absolute Gasteiger partial charge is 0.309 e. The monoisotopic (exact) mass is 282 g/mol. The van der Waals surface area contributed by atoms with E-state index < -0.39 is 10.8 Å². The molecule has 0 N–H and O–H groups in total. The molecule has 3 nitrogen and oxygen atoms in total. The van der Waals surface area contributed by atoms with Gasteiger partial charge in [0.2, 0.25) is 0 Å². The Labute approximate surface area is 117 Å². The fourth-order valence-electron chi connectivity index (χ4n) is 1.54. The van der Waals surface area contributed by atoms with Gasteiger partial charge in [-0.25, -0.2) is 0 Å². The first-order chi connectivity index (χ1) is 9.04. The number of carbonyl (C=O) groups excluding carboxylic acids is 1. The summed E-state index contributed by atoms with van der Waals surface area (Å²) in [7, 11) is -0.964. The molecule has 0 amide bonds. The van der Waals surface area contributed by atoms with Crippen molar-refractivity contribution in [2.45, 2.75) is 39.0 Å². The molecule has 3 unspecified atom stereocenters. The largest absolute Gasteiger partial charge is 0.461 e. The summed E-state index contributed by atoms with van der Waals surface area (Å²) in [6.07, 6.45) is 0.860. The van der Waals surface area contributed by atoms with E-state index in [2.05, 4.69) is 0 Å². The van der Waals surface area contributed by atoms with Crippen molar-refractivity contribution < 1.29 is 13.7 Å².